The molecule has 1 saturated carbocycles. The van der Waals surface area contributed by atoms with Crippen molar-refractivity contribution in [3.05, 3.63) is 54.1 Å². The number of nitrogens with one attached hydrogen (secondary N) is 1. The van der Waals surface area contributed by atoms with Crippen LogP contribution in [-0.2, 0) is 21.4 Å². The van der Waals surface area contributed by atoms with E-state index in [0.717, 1.165) is 38.9 Å². The summed E-state index contributed by atoms with van der Waals surface area (Å²) in [6, 6.07) is 12.4. The van der Waals surface area contributed by atoms with E-state index in [4.69, 9.17) is 9.47 Å². The predicted molar refractivity (Wildman–Crippen MR) is 161 cm³/mol. The summed E-state index contributed by atoms with van der Waals surface area (Å²) in [5.74, 6) is 5.84. The monoisotopic (exact) mass is 597 g/mol. The molecule has 2 aromatic rings. The van der Waals surface area contributed by atoms with Crippen molar-refractivity contribution in [2.45, 2.75) is 75.8 Å². The summed E-state index contributed by atoms with van der Waals surface area (Å²) in [6.45, 7) is 5.57. The molecule has 0 radical (unpaired) electrons. The fourth-order valence-electron chi connectivity index (χ4n) is 5.81. The quantitative estimate of drug-likeness (QED) is 0.197. The van der Waals surface area contributed by atoms with E-state index in [0.29, 0.717) is 36.5 Å². The fourth-order valence-corrected chi connectivity index (χ4v) is 7.45. The topological polar surface area (TPSA) is 108 Å². The standard InChI is InChI=1S/C32H43N3O6S/c1-2-3-23-40-29-16-18-30(19-17-29)42(38,39)35(31(32(36)33-37)27-10-6-4-7-11-27)25-26-12-14-28(15-13-26)41-24-22-34-20-8-5-9-21-34/h12-19,27,31,37H,4-11,20-25H2,1H3,(H,33,36). The number of carbonyl (C=O) groups is 1. The lowest BCUT2D eigenvalue weighted by Gasteiger charge is -2.36. The van der Waals surface area contributed by atoms with Crippen molar-refractivity contribution in [2.24, 2.45) is 5.92 Å². The van der Waals surface area contributed by atoms with Gasteiger partial charge < -0.3 is 9.47 Å². The number of nitrogens with zero attached hydrogens (tertiary/aromatic N) is 2. The smallest absolute Gasteiger partial charge is 0.262 e. The zero-order valence-corrected chi connectivity index (χ0v) is 25.3. The van der Waals surface area contributed by atoms with Gasteiger partial charge in [-0.25, -0.2) is 13.9 Å². The number of carbonyl (C=O) groups excluding carboxylic acids is 1. The van der Waals surface area contributed by atoms with Crippen molar-refractivity contribution >= 4 is 15.9 Å². The number of hydroxylamine groups is 1. The average molecular weight is 598 g/mol. The summed E-state index contributed by atoms with van der Waals surface area (Å²) in [7, 11) is -4.14. The lowest BCUT2D eigenvalue weighted by molar-refractivity contribution is -0.135. The van der Waals surface area contributed by atoms with E-state index in [1.165, 1.54) is 35.7 Å². The van der Waals surface area contributed by atoms with E-state index in [-0.39, 0.29) is 24.0 Å². The Morgan fingerprint density at radius 1 is 0.976 bits per heavy atom. The Morgan fingerprint density at radius 2 is 1.60 bits per heavy atom. The van der Waals surface area contributed by atoms with Crippen LogP contribution in [0.4, 0.5) is 0 Å². The van der Waals surface area contributed by atoms with Crippen molar-refractivity contribution in [3.63, 3.8) is 0 Å². The number of hydrogen-bond donors (Lipinski definition) is 2. The largest absolute Gasteiger partial charge is 0.492 e. The first kappa shape index (κ1) is 31.8. The van der Waals surface area contributed by atoms with Gasteiger partial charge in [0.1, 0.15) is 30.8 Å². The number of sulfonamides is 1. The first-order valence-electron chi connectivity index (χ1n) is 14.9. The van der Waals surface area contributed by atoms with Crippen LogP contribution in [0.2, 0.25) is 0 Å². The van der Waals surface area contributed by atoms with Crippen LogP contribution in [-0.4, -0.2) is 67.6 Å². The highest BCUT2D eigenvalue weighted by molar-refractivity contribution is 7.89. The second kappa shape index (κ2) is 15.9. The van der Waals surface area contributed by atoms with Gasteiger partial charge in [-0.05, 0) is 93.6 Å². The first-order valence-corrected chi connectivity index (χ1v) is 16.4. The van der Waals surface area contributed by atoms with Crippen LogP contribution < -0.4 is 15.0 Å². The lowest BCUT2D eigenvalue weighted by atomic mass is 9.83. The molecular formula is C32H43N3O6S. The minimum atomic E-state index is -4.14. The summed E-state index contributed by atoms with van der Waals surface area (Å²) in [5.41, 5.74) is 2.46. The summed E-state index contributed by atoms with van der Waals surface area (Å²) < 4.78 is 41.0. The molecule has 42 heavy (non-hydrogen) atoms. The fraction of sp³-hybridized carbons (Fsp3) is 0.531. The minimum absolute atomic E-state index is 0.0324. The molecule has 9 nitrogen and oxygen atoms in total. The molecule has 1 aliphatic carbocycles. The summed E-state index contributed by atoms with van der Waals surface area (Å²) in [4.78, 5) is 15.6. The maximum atomic E-state index is 14.1. The molecule has 1 atom stereocenters. The Hall–Kier alpha value is -3.10. The van der Waals surface area contributed by atoms with Crippen LogP contribution in [0.3, 0.4) is 0 Å². The van der Waals surface area contributed by atoms with Gasteiger partial charge in [0.25, 0.3) is 5.91 Å². The molecule has 228 valence electrons. The molecule has 1 amide bonds. The van der Waals surface area contributed by atoms with Gasteiger partial charge in [-0.15, -0.1) is 5.92 Å². The highest BCUT2D eigenvalue weighted by atomic mass is 32.2. The van der Waals surface area contributed by atoms with Crippen LogP contribution in [0, 0.1) is 17.8 Å². The summed E-state index contributed by atoms with van der Waals surface area (Å²) in [6.07, 6.45) is 8.03. The molecule has 2 aliphatic rings. The first-order chi connectivity index (χ1) is 20.4. The van der Waals surface area contributed by atoms with Crippen LogP contribution in [0.25, 0.3) is 0 Å². The average Bonchev–Trinajstić information content (AvgIpc) is 3.03. The molecule has 1 heterocycles. The predicted octanol–water partition coefficient (Wildman–Crippen LogP) is 4.60. The number of hydrogen-bond acceptors (Lipinski definition) is 7. The third-order valence-electron chi connectivity index (χ3n) is 8.09. The normalized spacial score (nSPS) is 17.2. The van der Waals surface area contributed by atoms with E-state index < -0.39 is 22.0 Å². The van der Waals surface area contributed by atoms with E-state index in [9.17, 15) is 18.4 Å². The van der Waals surface area contributed by atoms with Gasteiger partial charge >= 0.3 is 0 Å². The van der Waals surface area contributed by atoms with Gasteiger partial charge in [0.15, 0.2) is 0 Å². The molecule has 4 rings (SSSR count). The number of likely N-dealkylation sites (tertiary alicyclic amines) is 1. The van der Waals surface area contributed by atoms with Gasteiger partial charge in [-0.1, -0.05) is 43.7 Å². The third kappa shape index (κ3) is 8.71. The number of piperidine rings is 1. The highest BCUT2D eigenvalue weighted by Crippen LogP contribution is 2.34. The van der Waals surface area contributed by atoms with E-state index in [2.05, 4.69) is 16.7 Å². The van der Waals surface area contributed by atoms with E-state index in [1.54, 1.807) is 24.5 Å². The maximum absolute atomic E-state index is 14.1. The van der Waals surface area contributed by atoms with Crippen molar-refractivity contribution < 1.29 is 27.9 Å². The van der Waals surface area contributed by atoms with Crippen molar-refractivity contribution in [2.75, 3.05) is 32.8 Å². The molecule has 1 unspecified atom stereocenters. The van der Waals surface area contributed by atoms with Crippen molar-refractivity contribution in [1.82, 2.24) is 14.7 Å². The Labute approximate surface area is 250 Å². The Balaban J connectivity index is 1.55. The Kier molecular flexibility index (Phi) is 12.1. The molecule has 2 aromatic carbocycles. The molecule has 1 aliphatic heterocycles. The lowest BCUT2D eigenvalue weighted by Crippen LogP contribution is -2.52. The molecular weight excluding hydrogens is 554 g/mol. The second-order valence-corrected chi connectivity index (χ2v) is 12.8. The zero-order valence-electron chi connectivity index (χ0n) is 24.5. The van der Waals surface area contributed by atoms with Gasteiger partial charge in [0.05, 0.1) is 4.90 Å². The van der Waals surface area contributed by atoms with Crippen LogP contribution in [0.1, 0.15) is 63.9 Å². The number of ether oxygens (including phenoxy) is 2. The number of benzene rings is 2. The molecule has 0 spiro atoms. The van der Waals surface area contributed by atoms with Crippen molar-refractivity contribution in [3.8, 4) is 23.3 Å². The van der Waals surface area contributed by atoms with Crippen molar-refractivity contribution in [1.29, 1.82) is 0 Å². The molecule has 0 aromatic heterocycles. The Morgan fingerprint density at radius 3 is 2.24 bits per heavy atom. The summed E-state index contributed by atoms with van der Waals surface area (Å²) >= 11 is 0. The molecule has 2 N–H and O–H groups in total. The maximum Gasteiger partial charge on any atom is 0.262 e. The second-order valence-electron chi connectivity index (χ2n) is 11.0. The van der Waals surface area contributed by atoms with Gasteiger partial charge in [0.2, 0.25) is 10.0 Å². The van der Waals surface area contributed by atoms with Crippen LogP contribution in [0.15, 0.2) is 53.4 Å². The SMILES string of the molecule is CC#CCOc1ccc(S(=O)(=O)N(Cc2ccc(OCCN3CCCCC3)cc2)C(C(=O)NO)C2CCCCC2)cc1. The molecule has 10 heteroatoms. The van der Waals surface area contributed by atoms with Crippen LogP contribution in [0.5, 0.6) is 11.5 Å². The van der Waals surface area contributed by atoms with E-state index in [1.807, 2.05) is 24.3 Å². The van der Waals surface area contributed by atoms with Gasteiger partial charge in [-0.2, -0.15) is 4.31 Å². The van der Waals surface area contributed by atoms with Gasteiger partial charge in [-0.3, -0.25) is 14.9 Å². The molecule has 0 bridgehead atoms. The number of rotatable bonds is 13. The highest BCUT2D eigenvalue weighted by Gasteiger charge is 2.41. The Bertz CT molecular complexity index is 1290. The molecule has 1 saturated heterocycles. The summed E-state index contributed by atoms with van der Waals surface area (Å²) in [5, 5.41) is 9.67. The molecule has 2 fully saturated rings. The van der Waals surface area contributed by atoms with E-state index >= 15 is 0 Å². The number of amides is 1. The van der Waals surface area contributed by atoms with Crippen LogP contribution >= 0.6 is 0 Å². The third-order valence-corrected chi connectivity index (χ3v) is 9.93. The van der Waals surface area contributed by atoms with Gasteiger partial charge in [0, 0.05) is 13.1 Å². The minimum Gasteiger partial charge on any atom is -0.492 e. The zero-order chi connectivity index (χ0) is 29.8.